The molecule has 0 amide bonds. The van der Waals surface area contributed by atoms with E-state index in [0.29, 0.717) is 12.2 Å². The zero-order valence-corrected chi connectivity index (χ0v) is 8.80. The second-order valence-electron chi connectivity index (χ2n) is 2.73. The van der Waals surface area contributed by atoms with Crippen LogP contribution in [0.15, 0.2) is 0 Å². The van der Waals surface area contributed by atoms with E-state index in [1.165, 1.54) is 16.3 Å². The van der Waals surface area contributed by atoms with Gasteiger partial charge in [0.25, 0.3) is 0 Å². The Kier molecular flexibility index (Phi) is 3.38. The fourth-order valence-corrected chi connectivity index (χ4v) is 1.75. The van der Waals surface area contributed by atoms with Crippen molar-refractivity contribution in [3.63, 3.8) is 0 Å². The summed E-state index contributed by atoms with van der Waals surface area (Å²) in [6.07, 6.45) is 2.09. The van der Waals surface area contributed by atoms with E-state index >= 15 is 0 Å². The zero-order valence-electron chi connectivity index (χ0n) is 6.80. The molecule has 1 aliphatic rings. The molecule has 2 atom stereocenters. The van der Waals surface area contributed by atoms with Gasteiger partial charge in [-0.15, -0.1) is 0 Å². The van der Waals surface area contributed by atoms with Gasteiger partial charge < -0.3 is 9.47 Å². The molecular weight excluding hydrogens is 144 g/mol. The van der Waals surface area contributed by atoms with E-state index in [1.807, 2.05) is 0 Å². The zero-order chi connectivity index (χ0) is 7.40. The van der Waals surface area contributed by atoms with Crippen molar-refractivity contribution in [3.05, 3.63) is 0 Å². The van der Waals surface area contributed by atoms with Crippen molar-refractivity contribution in [1.29, 1.82) is 0 Å². The molecule has 1 fully saturated rings. The standard InChI is InChI=1S/C7H16O2Si/c1-2-6(5-10)8-3-7-4-9-7/h6-7H,2-5H2,1,10H3. The Hall–Kier alpha value is 0.137. The molecule has 2 nitrogen and oxygen atoms in total. The van der Waals surface area contributed by atoms with Crippen molar-refractivity contribution >= 4 is 10.2 Å². The molecule has 0 aliphatic carbocycles. The molecule has 0 aromatic rings. The van der Waals surface area contributed by atoms with E-state index in [4.69, 9.17) is 9.47 Å². The van der Waals surface area contributed by atoms with E-state index in [0.717, 1.165) is 19.6 Å². The average molecular weight is 160 g/mol. The van der Waals surface area contributed by atoms with Crippen LogP contribution in [-0.4, -0.2) is 35.7 Å². The number of rotatable bonds is 5. The lowest BCUT2D eigenvalue weighted by molar-refractivity contribution is 0.0527. The Morgan fingerprint density at radius 2 is 2.50 bits per heavy atom. The topological polar surface area (TPSA) is 21.8 Å². The number of ether oxygens (including phenoxy) is 2. The highest BCUT2D eigenvalue weighted by molar-refractivity contribution is 6.08. The van der Waals surface area contributed by atoms with Gasteiger partial charge in [0, 0.05) is 10.2 Å². The first-order valence-electron chi connectivity index (χ1n) is 4.10. The predicted molar refractivity (Wildman–Crippen MR) is 44.5 cm³/mol. The second-order valence-corrected chi connectivity index (χ2v) is 3.54. The molecule has 0 saturated carbocycles. The van der Waals surface area contributed by atoms with Crippen LogP contribution in [0.1, 0.15) is 13.3 Å². The lowest BCUT2D eigenvalue weighted by Gasteiger charge is -2.11. The maximum absolute atomic E-state index is 5.57. The van der Waals surface area contributed by atoms with Crippen LogP contribution < -0.4 is 0 Å². The quantitative estimate of drug-likeness (QED) is 0.416. The van der Waals surface area contributed by atoms with Crippen LogP contribution in [0.25, 0.3) is 0 Å². The molecule has 1 aliphatic heterocycles. The summed E-state index contributed by atoms with van der Waals surface area (Å²) in [6, 6.07) is 1.25. The molecule has 0 aromatic heterocycles. The van der Waals surface area contributed by atoms with E-state index in [-0.39, 0.29) is 0 Å². The van der Waals surface area contributed by atoms with Crippen LogP contribution in [0.4, 0.5) is 0 Å². The van der Waals surface area contributed by atoms with Gasteiger partial charge in [-0.25, -0.2) is 0 Å². The number of epoxide rings is 1. The smallest absolute Gasteiger partial charge is 0.104 e. The van der Waals surface area contributed by atoms with Crippen molar-refractivity contribution in [3.8, 4) is 0 Å². The van der Waals surface area contributed by atoms with Gasteiger partial charge in [0.05, 0.1) is 19.3 Å². The first-order chi connectivity index (χ1) is 4.86. The molecule has 0 bridgehead atoms. The van der Waals surface area contributed by atoms with Crippen LogP contribution in [0.2, 0.25) is 6.04 Å². The van der Waals surface area contributed by atoms with Crippen LogP contribution >= 0.6 is 0 Å². The average Bonchev–Trinajstić information content (AvgIpc) is 2.74. The van der Waals surface area contributed by atoms with Gasteiger partial charge in [-0.1, -0.05) is 6.92 Å². The van der Waals surface area contributed by atoms with Crippen LogP contribution in [0, 0.1) is 0 Å². The van der Waals surface area contributed by atoms with Gasteiger partial charge in [0.2, 0.25) is 0 Å². The van der Waals surface area contributed by atoms with Gasteiger partial charge in [-0.3, -0.25) is 0 Å². The fraction of sp³-hybridized carbons (Fsp3) is 1.00. The molecule has 1 heterocycles. The first-order valence-corrected chi connectivity index (χ1v) is 5.51. The molecule has 1 rings (SSSR count). The fourth-order valence-electron chi connectivity index (χ4n) is 0.932. The summed E-state index contributed by atoms with van der Waals surface area (Å²) in [7, 11) is 1.25. The molecule has 60 valence electrons. The third-order valence-electron chi connectivity index (χ3n) is 1.83. The van der Waals surface area contributed by atoms with Crippen molar-refractivity contribution < 1.29 is 9.47 Å². The Balaban J connectivity index is 1.97. The van der Waals surface area contributed by atoms with Crippen molar-refractivity contribution in [1.82, 2.24) is 0 Å². The Bertz CT molecular complexity index is 89.6. The summed E-state index contributed by atoms with van der Waals surface area (Å²) in [4.78, 5) is 0. The van der Waals surface area contributed by atoms with E-state index in [9.17, 15) is 0 Å². The highest BCUT2D eigenvalue weighted by atomic mass is 28.1. The van der Waals surface area contributed by atoms with Gasteiger partial charge in [-0.2, -0.15) is 0 Å². The minimum absolute atomic E-state index is 0.433. The summed E-state index contributed by atoms with van der Waals surface area (Å²) in [5, 5.41) is 0. The highest BCUT2D eigenvalue weighted by Crippen LogP contribution is 2.11. The predicted octanol–water partition coefficient (Wildman–Crippen LogP) is -0.0359. The van der Waals surface area contributed by atoms with Crippen molar-refractivity contribution in [2.75, 3.05) is 13.2 Å². The molecule has 0 N–H and O–H groups in total. The van der Waals surface area contributed by atoms with Crippen LogP contribution in [0.5, 0.6) is 0 Å². The Morgan fingerprint density at radius 1 is 1.80 bits per heavy atom. The maximum Gasteiger partial charge on any atom is 0.104 e. The van der Waals surface area contributed by atoms with E-state index < -0.39 is 0 Å². The summed E-state index contributed by atoms with van der Waals surface area (Å²) < 4.78 is 10.6. The van der Waals surface area contributed by atoms with Crippen molar-refractivity contribution in [2.24, 2.45) is 0 Å². The minimum atomic E-state index is 0.433. The third-order valence-corrected chi connectivity index (χ3v) is 2.74. The SMILES string of the molecule is CCC(C[SiH3])OCC1CO1. The lowest BCUT2D eigenvalue weighted by Crippen LogP contribution is -2.14. The second kappa shape index (κ2) is 4.11. The monoisotopic (exact) mass is 160 g/mol. The molecule has 0 aromatic carbocycles. The maximum atomic E-state index is 5.57. The molecule has 3 heteroatoms. The van der Waals surface area contributed by atoms with Crippen molar-refractivity contribution in [2.45, 2.75) is 31.6 Å². The van der Waals surface area contributed by atoms with Gasteiger partial charge in [0.15, 0.2) is 0 Å². The highest BCUT2D eigenvalue weighted by Gasteiger charge is 2.23. The van der Waals surface area contributed by atoms with E-state index in [1.54, 1.807) is 0 Å². The Labute approximate surface area is 65.3 Å². The minimum Gasteiger partial charge on any atom is -0.376 e. The van der Waals surface area contributed by atoms with Gasteiger partial charge in [0.1, 0.15) is 6.10 Å². The summed E-state index contributed by atoms with van der Waals surface area (Å²) in [5.41, 5.74) is 0. The molecule has 1 saturated heterocycles. The molecule has 0 spiro atoms. The third kappa shape index (κ3) is 2.81. The summed E-state index contributed by atoms with van der Waals surface area (Å²) in [6.45, 7) is 3.91. The van der Waals surface area contributed by atoms with Gasteiger partial charge >= 0.3 is 0 Å². The van der Waals surface area contributed by atoms with Gasteiger partial charge in [-0.05, 0) is 12.5 Å². The number of hydrogen-bond acceptors (Lipinski definition) is 2. The summed E-state index contributed by atoms with van der Waals surface area (Å²) >= 11 is 0. The Morgan fingerprint density at radius 3 is 2.90 bits per heavy atom. The largest absolute Gasteiger partial charge is 0.376 e. The molecular formula is C7H16O2Si. The van der Waals surface area contributed by atoms with E-state index in [2.05, 4.69) is 6.92 Å². The van der Waals surface area contributed by atoms with Crippen LogP contribution in [-0.2, 0) is 9.47 Å². The number of hydrogen-bond donors (Lipinski definition) is 0. The lowest BCUT2D eigenvalue weighted by atomic mass is 10.3. The molecule has 0 radical (unpaired) electrons. The summed E-state index contributed by atoms with van der Waals surface area (Å²) in [5.74, 6) is 0. The molecule has 2 unspecified atom stereocenters. The van der Waals surface area contributed by atoms with Crippen LogP contribution in [0.3, 0.4) is 0 Å². The normalized spacial score (nSPS) is 26.7. The molecule has 10 heavy (non-hydrogen) atoms. The first kappa shape index (κ1) is 8.24.